The molecule has 0 bridgehead atoms. The van der Waals surface area contributed by atoms with Crippen LogP contribution in [-0.4, -0.2) is 35.2 Å². The summed E-state index contributed by atoms with van der Waals surface area (Å²) in [6, 6.07) is 1.86. The van der Waals surface area contributed by atoms with Crippen LogP contribution in [0.2, 0.25) is 0 Å². The second kappa shape index (κ2) is 4.55. The fraction of sp³-hybridized carbons (Fsp3) is 0.556. The van der Waals surface area contributed by atoms with Crippen molar-refractivity contribution in [1.29, 1.82) is 5.26 Å². The van der Waals surface area contributed by atoms with Crippen molar-refractivity contribution in [3.05, 3.63) is 0 Å². The fourth-order valence-electron chi connectivity index (χ4n) is 1.11. The molecule has 0 aromatic rings. The summed E-state index contributed by atoms with van der Waals surface area (Å²) >= 11 is 0. The summed E-state index contributed by atoms with van der Waals surface area (Å²) in [7, 11) is 0. The Bertz CT molecular complexity index is 331. The average molecular weight is 209 g/mol. The number of rotatable bonds is 0. The number of carbonyl (C=O) groups is 3. The predicted molar refractivity (Wildman–Crippen MR) is 49.2 cm³/mol. The minimum Gasteiger partial charge on any atom is -0.322 e. The average Bonchev–Trinajstić information content (AvgIpc) is 2.87. The molecule has 0 spiro atoms. The zero-order valence-corrected chi connectivity index (χ0v) is 8.32. The van der Waals surface area contributed by atoms with Gasteiger partial charge < -0.3 is 4.90 Å². The molecule has 6 heteroatoms. The van der Waals surface area contributed by atoms with Crippen LogP contribution in [0.5, 0.6) is 0 Å². The molecule has 2 heterocycles. The summed E-state index contributed by atoms with van der Waals surface area (Å²) in [5.41, 5.74) is 0. The lowest BCUT2D eigenvalue weighted by molar-refractivity contribution is -0.125. The quantitative estimate of drug-likeness (QED) is 0.416. The molecule has 0 aromatic heterocycles. The molecule has 15 heavy (non-hydrogen) atoms. The fourth-order valence-corrected chi connectivity index (χ4v) is 1.11. The Hall–Kier alpha value is -1.90. The molecular weight excluding hydrogens is 198 g/mol. The third-order valence-electron chi connectivity index (χ3n) is 2.02. The van der Waals surface area contributed by atoms with Crippen molar-refractivity contribution in [2.75, 3.05) is 6.54 Å². The maximum absolute atomic E-state index is 10.4. The van der Waals surface area contributed by atoms with E-state index < -0.39 is 0 Å². The summed E-state index contributed by atoms with van der Waals surface area (Å²) in [6.07, 6.45) is 0.748. The summed E-state index contributed by atoms with van der Waals surface area (Å²) < 4.78 is 0. The lowest BCUT2D eigenvalue weighted by Gasteiger charge is -1.88. The van der Waals surface area contributed by atoms with Crippen molar-refractivity contribution in [2.45, 2.75) is 25.8 Å². The van der Waals surface area contributed by atoms with Crippen molar-refractivity contribution in [2.24, 2.45) is 0 Å². The van der Waals surface area contributed by atoms with Crippen LogP contribution in [0.25, 0.3) is 0 Å². The van der Waals surface area contributed by atoms with E-state index in [0.29, 0.717) is 19.4 Å². The van der Waals surface area contributed by atoms with Gasteiger partial charge in [0.15, 0.2) is 0 Å². The zero-order chi connectivity index (χ0) is 11.4. The number of nitriles is 1. The second-order valence-electron chi connectivity index (χ2n) is 3.29. The van der Waals surface area contributed by atoms with Gasteiger partial charge in [-0.05, 0) is 0 Å². The molecule has 0 aromatic carbocycles. The summed E-state index contributed by atoms with van der Waals surface area (Å²) in [5.74, 6) is -0.299. The maximum Gasteiger partial charge on any atom is 0.227 e. The third kappa shape index (κ3) is 3.38. The number of amides is 3. The van der Waals surface area contributed by atoms with E-state index in [9.17, 15) is 14.4 Å². The lowest BCUT2D eigenvalue weighted by Crippen LogP contribution is -2.18. The third-order valence-corrected chi connectivity index (χ3v) is 2.02. The number of hydrogen-bond donors (Lipinski definition) is 1. The van der Waals surface area contributed by atoms with E-state index in [4.69, 9.17) is 5.26 Å². The summed E-state index contributed by atoms with van der Waals surface area (Å²) in [4.78, 5) is 32.1. The predicted octanol–water partition coefficient (Wildman–Crippen LogP) is -0.836. The molecule has 2 aliphatic heterocycles. The number of carbonyl (C=O) groups excluding carboxylic acids is 3. The molecule has 6 nitrogen and oxygen atoms in total. The molecule has 2 fully saturated rings. The first-order valence-corrected chi connectivity index (χ1v) is 4.54. The van der Waals surface area contributed by atoms with Crippen molar-refractivity contribution in [1.82, 2.24) is 10.2 Å². The zero-order valence-electron chi connectivity index (χ0n) is 8.32. The highest BCUT2D eigenvalue weighted by atomic mass is 16.2. The first kappa shape index (κ1) is 11.2. The highest BCUT2D eigenvalue weighted by molar-refractivity contribution is 6.01. The Morgan fingerprint density at radius 1 is 1.47 bits per heavy atom. The lowest BCUT2D eigenvalue weighted by atomic mass is 10.4. The van der Waals surface area contributed by atoms with Gasteiger partial charge >= 0.3 is 0 Å². The molecule has 3 amide bonds. The first-order chi connectivity index (χ1) is 7.04. The Balaban J connectivity index is 0.000000151. The van der Waals surface area contributed by atoms with Crippen LogP contribution in [0.4, 0.5) is 0 Å². The highest BCUT2D eigenvalue weighted by Gasteiger charge is 2.35. The van der Waals surface area contributed by atoms with Gasteiger partial charge in [-0.1, -0.05) is 0 Å². The molecule has 2 saturated heterocycles. The van der Waals surface area contributed by atoms with E-state index in [-0.39, 0.29) is 23.8 Å². The summed E-state index contributed by atoms with van der Waals surface area (Å²) in [5, 5.41) is 10.3. The van der Waals surface area contributed by atoms with Crippen LogP contribution in [0.3, 0.4) is 0 Å². The smallest absolute Gasteiger partial charge is 0.227 e. The van der Waals surface area contributed by atoms with Gasteiger partial charge in [0, 0.05) is 19.8 Å². The van der Waals surface area contributed by atoms with E-state index in [2.05, 4.69) is 5.32 Å². The van der Waals surface area contributed by atoms with E-state index in [1.54, 1.807) is 0 Å². The molecular formula is C9H11N3O3. The highest BCUT2D eigenvalue weighted by Crippen LogP contribution is 2.14. The molecule has 80 valence electrons. The van der Waals surface area contributed by atoms with Crippen LogP contribution in [0.15, 0.2) is 0 Å². The van der Waals surface area contributed by atoms with Crippen LogP contribution in [0, 0.1) is 11.3 Å². The molecule has 0 aliphatic carbocycles. The van der Waals surface area contributed by atoms with Crippen LogP contribution in [0.1, 0.15) is 19.8 Å². The maximum atomic E-state index is 10.4. The molecule has 1 N–H and O–H groups in total. The molecule has 1 atom stereocenters. The van der Waals surface area contributed by atoms with E-state index in [0.717, 1.165) is 0 Å². The Kier molecular flexibility index (Phi) is 3.39. The minimum atomic E-state index is -0.148. The van der Waals surface area contributed by atoms with Gasteiger partial charge in [0.2, 0.25) is 17.7 Å². The first-order valence-electron chi connectivity index (χ1n) is 4.54. The van der Waals surface area contributed by atoms with Crippen molar-refractivity contribution in [3.8, 4) is 6.07 Å². The molecule has 1 unspecified atom stereocenters. The largest absolute Gasteiger partial charge is 0.322 e. The minimum absolute atomic E-state index is 0.00319. The number of nitrogens with zero attached hydrogens (tertiary/aromatic N) is 2. The number of imide groups is 1. The molecule has 0 saturated carbocycles. The normalized spacial score (nSPS) is 22.4. The standard InChI is InChI=1S/C5H6N2O.C4H5NO2/c1-4(8)7-3-5(7)2-6;6-3-1-2-4(7)5-3/h5H,3H2,1H3;1-2H2,(H,5,6,7). The molecule has 0 radical (unpaired) electrons. The van der Waals surface area contributed by atoms with Gasteiger partial charge in [-0.3, -0.25) is 19.7 Å². The van der Waals surface area contributed by atoms with E-state index in [1.165, 1.54) is 11.8 Å². The second-order valence-corrected chi connectivity index (χ2v) is 3.29. The van der Waals surface area contributed by atoms with Crippen molar-refractivity contribution < 1.29 is 14.4 Å². The van der Waals surface area contributed by atoms with Gasteiger partial charge in [0.1, 0.15) is 6.04 Å². The number of hydrogen-bond acceptors (Lipinski definition) is 4. The van der Waals surface area contributed by atoms with Crippen LogP contribution >= 0.6 is 0 Å². The monoisotopic (exact) mass is 209 g/mol. The van der Waals surface area contributed by atoms with Crippen LogP contribution < -0.4 is 5.32 Å². The van der Waals surface area contributed by atoms with Gasteiger partial charge in [-0.25, -0.2) is 0 Å². The molecule has 2 aliphatic rings. The van der Waals surface area contributed by atoms with Crippen molar-refractivity contribution >= 4 is 17.7 Å². The Morgan fingerprint density at radius 3 is 2.13 bits per heavy atom. The SMILES string of the molecule is CC(=O)N1CC1C#N.O=C1CCC(=O)N1. The van der Waals surface area contributed by atoms with Gasteiger partial charge in [-0.2, -0.15) is 5.26 Å². The number of nitrogens with one attached hydrogen (secondary N) is 1. The Morgan fingerprint density at radius 2 is 2.00 bits per heavy atom. The van der Waals surface area contributed by atoms with E-state index >= 15 is 0 Å². The Labute approximate surface area is 86.8 Å². The van der Waals surface area contributed by atoms with Crippen LogP contribution in [-0.2, 0) is 14.4 Å². The topological polar surface area (TPSA) is 90.0 Å². The van der Waals surface area contributed by atoms with E-state index in [1.807, 2.05) is 6.07 Å². The van der Waals surface area contributed by atoms with Gasteiger partial charge in [0.25, 0.3) is 0 Å². The summed E-state index contributed by atoms with van der Waals surface area (Å²) in [6.45, 7) is 2.10. The van der Waals surface area contributed by atoms with Gasteiger partial charge in [0.05, 0.1) is 12.6 Å². The molecule has 2 rings (SSSR count). The van der Waals surface area contributed by atoms with Crippen molar-refractivity contribution in [3.63, 3.8) is 0 Å². The van der Waals surface area contributed by atoms with Gasteiger partial charge in [-0.15, -0.1) is 0 Å².